The third-order valence-corrected chi connectivity index (χ3v) is 15.4. The van der Waals surface area contributed by atoms with Gasteiger partial charge in [-0.1, -0.05) is 89.4 Å². The van der Waals surface area contributed by atoms with Gasteiger partial charge in [-0.15, -0.1) is 34.0 Å². The van der Waals surface area contributed by atoms with Crippen LogP contribution >= 0.6 is 106 Å². The van der Waals surface area contributed by atoms with Gasteiger partial charge in [0.25, 0.3) is 0 Å². The Balaban J connectivity index is 0.000000179. The number of ether oxygens (including phenoxy) is 2. The predicted molar refractivity (Wildman–Crippen MR) is 287 cm³/mol. The number of fused-ring (bicyclic) bond motifs is 3. The molecule has 10 nitrogen and oxygen atoms in total. The van der Waals surface area contributed by atoms with Crippen molar-refractivity contribution in [2.24, 2.45) is 5.73 Å². The number of carbonyl (C=O) groups is 3. The molecule has 1 unspecified atom stereocenters. The maximum absolute atomic E-state index is 12.3. The standard InChI is InChI=1S/2C16H16ClNO2S.C15H15ClN2OS.CH4O.I3/c2*1-20-16(19)15(12-4-2-3-5-13(12)17)18-8-6-14-11(10-18)7-9-21-14;16-12-4-2-1-3-11(12)14(15(17)19)18-7-5-13-10(9-18)6-8-20-13;1-2;1-3-2/h2*2-5,7,9,15H,6,8,10H2,1H3;1-4,6,8,14H,5,7,9H2,(H2,17,19);2H,1H3;/q;;;;-1/t2*15-;;;/m10.../s1. The molecule has 0 aliphatic carbocycles. The summed E-state index contributed by atoms with van der Waals surface area (Å²) in [6, 6.07) is 27.4. The Morgan fingerprint density at radius 1 is 0.567 bits per heavy atom. The van der Waals surface area contributed by atoms with Gasteiger partial charge in [0, 0.05) is 76.1 Å². The summed E-state index contributed by atoms with van der Waals surface area (Å²) in [7, 11) is 3.85. The molecule has 6 heterocycles. The van der Waals surface area contributed by atoms with Crippen LogP contribution in [0.1, 0.15) is 66.1 Å². The van der Waals surface area contributed by atoms with Crippen molar-refractivity contribution in [3.63, 3.8) is 0 Å². The molecular weight excluding hydrogens is 1310 g/mol. The summed E-state index contributed by atoms with van der Waals surface area (Å²) in [5.41, 5.74) is 11.9. The topological polar surface area (TPSA) is 126 Å². The van der Waals surface area contributed by atoms with E-state index >= 15 is 0 Å². The molecule has 3 atom stereocenters. The largest absolute Gasteiger partial charge is 0.368 e. The first kappa shape index (κ1) is 56.0. The second kappa shape index (κ2) is 28.8. The zero-order chi connectivity index (χ0) is 48.5. The number of carbonyl (C=O) groups excluding carboxylic acids is 3. The van der Waals surface area contributed by atoms with E-state index in [-0.39, 0.29) is 17.8 Å². The van der Waals surface area contributed by atoms with Gasteiger partial charge in [0.2, 0.25) is 5.91 Å². The van der Waals surface area contributed by atoms with Crippen molar-refractivity contribution in [2.45, 2.75) is 57.0 Å². The average molecular weight is 1360 g/mol. The maximum atomic E-state index is 12.3. The van der Waals surface area contributed by atoms with Crippen molar-refractivity contribution in [2.75, 3.05) is 41.0 Å². The van der Waals surface area contributed by atoms with Crippen molar-refractivity contribution in [1.29, 1.82) is 0 Å². The number of methoxy groups -OCH3 is 2. The number of primary amides is 1. The zero-order valence-corrected chi connectivity index (χ0v) is 48.1. The van der Waals surface area contributed by atoms with E-state index in [1.54, 1.807) is 40.1 Å². The van der Waals surface area contributed by atoms with E-state index in [4.69, 9.17) is 55.1 Å². The molecule has 0 radical (unpaired) electrons. The van der Waals surface area contributed by atoms with Crippen molar-refractivity contribution in [3.05, 3.63) is 170 Å². The Hall–Kier alpha value is -1.93. The van der Waals surface area contributed by atoms with E-state index in [9.17, 15) is 14.4 Å². The Morgan fingerprint density at radius 2 is 0.851 bits per heavy atom. The number of hydrogen-bond donors (Lipinski definition) is 2. The molecule has 19 heteroatoms. The molecule has 6 aromatic rings. The van der Waals surface area contributed by atoms with Crippen molar-refractivity contribution >= 4 is 124 Å². The maximum Gasteiger partial charge on any atom is 0.239 e. The third kappa shape index (κ3) is 15.0. The predicted octanol–water partition coefficient (Wildman–Crippen LogP) is 8.72. The number of nitrogens with two attached hydrogens (primary N) is 1. The second-order valence-corrected chi connectivity index (χ2v) is 35.5. The molecule has 3 aliphatic rings. The molecule has 0 bridgehead atoms. The van der Waals surface area contributed by atoms with Crippen LogP contribution in [0.5, 0.6) is 0 Å². The zero-order valence-electron chi connectivity index (χ0n) is 36.9. The van der Waals surface area contributed by atoms with Crippen LogP contribution in [0.2, 0.25) is 15.1 Å². The molecule has 0 spiro atoms. The van der Waals surface area contributed by atoms with Crippen LogP contribution in [-0.2, 0) is 62.8 Å². The summed E-state index contributed by atoms with van der Waals surface area (Å²) in [5, 5.41) is 15.1. The minimum Gasteiger partial charge on any atom is -0.368 e. The number of rotatable bonds is 9. The Morgan fingerprint density at radius 3 is 1.13 bits per heavy atom. The SMILES string of the molecule is CO.COC(=O)[C@@H](c1ccccc1Cl)N1CCc2sccc2C1.COC(=O)[C@H](c1ccccc1Cl)N1CCc2sccc2C1.I[I-]I.NC(=O)C(c1ccccc1Cl)N1CCc2sccc2C1. The van der Waals surface area contributed by atoms with Gasteiger partial charge in [0.1, 0.15) is 18.1 Å². The van der Waals surface area contributed by atoms with Crippen LogP contribution in [0.4, 0.5) is 0 Å². The van der Waals surface area contributed by atoms with E-state index < -0.39 is 18.1 Å². The molecule has 0 fully saturated rings. The number of esters is 2. The van der Waals surface area contributed by atoms with Crippen molar-refractivity contribution in [1.82, 2.24) is 14.7 Å². The van der Waals surface area contributed by atoms with Gasteiger partial charge in [-0.2, -0.15) is 0 Å². The van der Waals surface area contributed by atoms with Crippen LogP contribution in [0.3, 0.4) is 0 Å². The summed E-state index contributed by atoms with van der Waals surface area (Å²) in [6.45, 7) is 4.74. The van der Waals surface area contributed by atoms with E-state index in [0.29, 0.717) is 28.3 Å². The van der Waals surface area contributed by atoms with E-state index in [0.717, 1.165) is 82.3 Å². The van der Waals surface area contributed by atoms with Crippen LogP contribution in [0.15, 0.2) is 107 Å². The molecule has 360 valence electrons. The molecule has 0 saturated heterocycles. The van der Waals surface area contributed by atoms with Gasteiger partial charge in [0.05, 0.1) is 14.2 Å². The molecule has 3 aromatic carbocycles. The van der Waals surface area contributed by atoms with Crippen LogP contribution in [0, 0.1) is 0 Å². The molecule has 3 aromatic heterocycles. The van der Waals surface area contributed by atoms with Gasteiger partial charge < -0.3 is 20.3 Å². The molecule has 3 aliphatic heterocycles. The Labute approximate surface area is 449 Å². The van der Waals surface area contributed by atoms with E-state index in [1.807, 2.05) is 66.7 Å². The fourth-order valence-electron chi connectivity index (χ4n) is 8.26. The molecule has 67 heavy (non-hydrogen) atoms. The number of halogens is 6. The Kier molecular flexibility index (Phi) is 24.1. The van der Waals surface area contributed by atoms with E-state index in [1.165, 1.54) is 45.5 Å². The summed E-state index contributed by atoms with van der Waals surface area (Å²) in [4.78, 5) is 47.1. The van der Waals surface area contributed by atoms with Gasteiger partial charge in [-0.25, -0.2) is 9.59 Å². The van der Waals surface area contributed by atoms with Crippen LogP contribution in [0.25, 0.3) is 0 Å². The first-order valence-electron chi connectivity index (χ1n) is 20.9. The molecular formula is C48H51Cl3I3N4O6S3-. The number of amides is 1. The van der Waals surface area contributed by atoms with Crippen LogP contribution in [-0.4, -0.2) is 78.6 Å². The minimum absolute atomic E-state index is 0.262. The quantitative estimate of drug-likeness (QED) is 0.108. The molecule has 0 saturated carbocycles. The molecule has 3 N–H and O–H groups in total. The monoisotopic (exact) mass is 1360 g/mol. The van der Waals surface area contributed by atoms with Gasteiger partial charge in [0.15, 0.2) is 0 Å². The number of hydrogen-bond acceptors (Lipinski definition) is 12. The first-order chi connectivity index (χ1) is 32.5. The first-order valence-corrected chi connectivity index (χ1v) is 37.2. The minimum atomic E-state index is -0.461. The molecule has 1 amide bonds. The fourth-order valence-corrected chi connectivity index (χ4v) is 11.6. The van der Waals surface area contributed by atoms with Crippen LogP contribution < -0.4 is 19.0 Å². The Bertz CT molecular complexity index is 2410. The second-order valence-electron chi connectivity index (χ2n) is 15.0. The summed E-state index contributed by atoms with van der Waals surface area (Å²) in [6.07, 6.45) is 2.89. The average Bonchev–Trinajstić information content (AvgIpc) is 4.14. The van der Waals surface area contributed by atoms with Gasteiger partial charge in [-0.05, 0) is 105 Å². The number of nitrogens with zero attached hydrogens (tertiary/aromatic N) is 3. The number of benzene rings is 3. The summed E-state index contributed by atoms with van der Waals surface area (Å²) >= 11 is 29.4. The number of aliphatic hydroxyl groups excluding tert-OH is 1. The van der Waals surface area contributed by atoms with Gasteiger partial charge >= 0.3 is 62.4 Å². The van der Waals surface area contributed by atoms with Crippen molar-refractivity contribution in [3.8, 4) is 0 Å². The normalized spacial score (nSPS) is 15.6. The smallest absolute Gasteiger partial charge is 0.239 e. The fraction of sp³-hybridized carbons (Fsp3) is 0.312. The third-order valence-electron chi connectivity index (χ3n) is 11.3. The van der Waals surface area contributed by atoms with Crippen molar-refractivity contribution < 1.29 is 42.2 Å². The van der Waals surface area contributed by atoms with E-state index in [2.05, 4.69) is 86.3 Å². The summed E-state index contributed by atoms with van der Waals surface area (Å²) in [5.74, 6) is -0.875. The summed E-state index contributed by atoms with van der Waals surface area (Å²) < 4.78 is 10.0. The number of aliphatic hydroxyl groups is 1. The number of thiophene rings is 3. The molecule has 9 rings (SSSR count). The van der Waals surface area contributed by atoms with Gasteiger partial charge in [-0.3, -0.25) is 19.5 Å².